The highest BCUT2D eigenvalue weighted by molar-refractivity contribution is 7.94. The molecule has 0 unspecified atom stereocenters. The van der Waals surface area contributed by atoms with Gasteiger partial charge in [-0.2, -0.15) is 0 Å². The van der Waals surface area contributed by atoms with Crippen molar-refractivity contribution < 1.29 is 10.2 Å². The zero-order chi connectivity index (χ0) is 21.5. The monoisotopic (exact) mass is 421 g/mol. The lowest BCUT2D eigenvalue weighted by Crippen LogP contribution is -2.22. The molecule has 0 heterocycles. The summed E-state index contributed by atoms with van der Waals surface area (Å²) in [5.74, 6) is 3.37. The van der Waals surface area contributed by atoms with Crippen molar-refractivity contribution in [1.82, 2.24) is 0 Å². The molecule has 0 atom stereocenters. The molecule has 0 fully saturated rings. The van der Waals surface area contributed by atoms with E-state index in [1.807, 2.05) is 121 Å². The van der Waals surface area contributed by atoms with E-state index in [0.717, 1.165) is 10.6 Å². The maximum Gasteiger partial charge on any atom is 0.128 e. The van der Waals surface area contributed by atoms with E-state index in [9.17, 15) is 10.2 Å². The van der Waals surface area contributed by atoms with Crippen LogP contribution in [0.15, 0.2) is 133 Å². The summed E-state index contributed by atoms with van der Waals surface area (Å²) in [7, 11) is -2.59. The van der Waals surface area contributed by atoms with Crippen LogP contribution >= 0.6 is 7.26 Å². The average Bonchev–Trinajstić information content (AvgIpc) is 2.85. The van der Waals surface area contributed by atoms with E-state index in [2.05, 4.69) is 0 Å². The van der Waals surface area contributed by atoms with Gasteiger partial charge < -0.3 is 10.2 Å². The quantitative estimate of drug-likeness (QED) is 0.343. The molecule has 0 bridgehead atoms. The molecule has 0 saturated carbocycles. The highest BCUT2D eigenvalue weighted by Crippen LogP contribution is 2.61. The number of hydrogen-bond acceptors (Lipinski definition) is 2. The van der Waals surface area contributed by atoms with E-state index in [1.54, 1.807) is 11.6 Å². The minimum atomic E-state index is -2.59. The third kappa shape index (κ3) is 4.60. The summed E-state index contributed by atoms with van der Waals surface area (Å²) >= 11 is 0. The van der Waals surface area contributed by atoms with Crippen LogP contribution < -0.4 is 20.8 Å². The van der Waals surface area contributed by atoms with Crippen LogP contribution in [0.2, 0.25) is 0 Å². The Morgan fingerprint density at radius 3 is 1.06 bits per heavy atom. The van der Waals surface area contributed by atoms with E-state index in [4.69, 9.17) is 0 Å². The molecule has 0 aliphatic heterocycles. The van der Waals surface area contributed by atoms with Gasteiger partial charge in [0, 0.05) is 0 Å². The second kappa shape index (κ2) is 9.47. The van der Waals surface area contributed by atoms with Gasteiger partial charge in [-0.05, 0) is 35.4 Å². The first-order valence-electron chi connectivity index (χ1n) is 10.1. The first-order chi connectivity index (χ1) is 15.2. The molecule has 0 aromatic heterocycles. The molecule has 0 N–H and O–H groups in total. The molecule has 0 aliphatic rings. The molecule has 0 amide bonds. The molecule has 4 aromatic carbocycles. The Hall–Kier alpha value is -3.61. The van der Waals surface area contributed by atoms with Gasteiger partial charge in [-0.15, -0.1) is 0 Å². The molecule has 31 heavy (non-hydrogen) atoms. The van der Waals surface area contributed by atoms with Crippen LogP contribution in [-0.4, -0.2) is 0 Å². The molecule has 0 aliphatic carbocycles. The lowest BCUT2D eigenvalue weighted by molar-refractivity contribution is -0.243. The first-order valence-corrected chi connectivity index (χ1v) is 12.0. The Labute approximate surface area is 183 Å². The molecule has 3 heteroatoms. The van der Waals surface area contributed by atoms with E-state index < -0.39 is 7.26 Å². The normalized spacial score (nSPS) is 12.5. The molecule has 0 radical (unpaired) electrons. The Morgan fingerprint density at radius 2 is 0.742 bits per heavy atom. The van der Waals surface area contributed by atoms with Gasteiger partial charge in [0.25, 0.3) is 0 Å². The zero-order valence-electron chi connectivity index (χ0n) is 17.0. The van der Waals surface area contributed by atoms with Gasteiger partial charge in [-0.25, -0.2) is 0 Å². The highest BCUT2D eigenvalue weighted by Gasteiger charge is 2.38. The van der Waals surface area contributed by atoms with Gasteiger partial charge in [0.05, 0.1) is 11.6 Å². The number of benzene rings is 4. The van der Waals surface area contributed by atoms with Crippen molar-refractivity contribution in [2.24, 2.45) is 0 Å². The van der Waals surface area contributed by atoms with Gasteiger partial charge in [-0.3, -0.25) is 0 Å². The predicted octanol–water partition coefficient (Wildman–Crippen LogP) is 4.37. The van der Waals surface area contributed by atoms with Crippen molar-refractivity contribution in [2.45, 2.75) is 0 Å². The fourth-order valence-corrected chi connectivity index (χ4v) is 6.90. The molecule has 0 spiro atoms. The predicted molar refractivity (Wildman–Crippen MR) is 128 cm³/mol. The van der Waals surface area contributed by atoms with Gasteiger partial charge in [0.1, 0.15) is 17.9 Å². The summed E-state index contributed by atoms with van der Waals surface area (Å²) in [6.45, 7) is 0. The van der Waals surface area contributed by atoms with Crippen LogP contribution in [-0.2, 0) is 0 Å². The second-order valence-corrected chi connectivity index (χ2v) is 10.3. The smallest absolute Gasteiger partial charge is 0.128 e. The molecule has 0 saturated heterocycles. The first kappa shape index (κ1) is 20.7. The Bertz CT molecular complexity index is 1070. The Kier molecular flexibility index (Phi) is 6.31. The highest BCUT2D eigenvalue weighted by atomic mass is 31.2. The van der Waals surface area contributed by atoms with Crippen LogP contribution in [0.25, 0.3) is 11.5 Å². The van der Waals surface area contributed by atoms with E-state index >= 15 is 0 Å². The molecule has 4 rings (SSSR count). The maximum absolute atomic E-state index is 13.4. The summed E-state index contributed by atoms with van der Waals surface area (Å²) in [6, 6.07) is 38.1. The minimum absolute atomic E-state index is 0.0845. The van der Waals surface area contributed by atoms with E-state index in [-0.39, 0.29) is 11.5 Å². The van der Waals surface area contributed by atoms with Crippen molar-refractivity contribution in [3.8, 4) is 0 Å². The number of hydrogen-bond donors (Lipinski definition) is 0. The fourth-order valence-electron chi connectivity index (χ4n) is 3.56. The molecule has 152 valence electrons. The zero-order valence-corrected chi connectivity index (χ0v) is 17.9. The summed E-state index contributed by atoms with van der Waals surface area (Å²) in [4.78, 5) is 0. The van der Waals surface area contributed by atoms with Gasteiger partial charge >= 0.3 is 0 Å². The van der Waals surface area contributed by atoms with E-state index in [0.29, 0.717) is 11.1 Å². The van der Waals surface area contributed by atoms with Crippen molar-refractivity contribution in [3.05, 3.63) is 144 Å². The lowest BCUT2D eigenvalue weighted by Gasteiger charge is -2.26. The lowest BCUT2D eigenvalue weighted by atomic mass is 10.2. The van der Waals surface area contributed by atoms with Crippen molar-refractivity contribution >= 4 is 29.4 Å². The van der Waals surface area contributed by atoms with Crippen LogP contribution in [0.3, 0.4) is 0 Å². The molecular formula is C28H22O2P-. The Morgan fingerprint density at radius 1 is 0.452 bits per heavy atom. The van der Waals surface area contributed by atoms with Crippen molar-refractivity contribution in [1.29, 1.82) is 0 Å². The van der Waals surface area contributed by atoms with Crippen molar-refractivity contribution in [3.63, 3.8) is 0 Å². The minimum Gasteiger partial charge on any atom is -0.870 e. The van der Waals surface area contributed by atoms with Gasteiger partial charge in [0.2, 0.25) is 0 Å². The second-order valence-electron chi connectivity index (χ2n) is 7.17. The fraction of sp³-hybridized carbons (Fsp3) is 0. The van der Waals surface area contributed by atoms with Gasteiger partial charge in [-0.1, -0.05) is 109 Å². The Balaban J connectivity index is 2.00. The van der Waals surface area contributed by atoms with Crippen LogP contribution in [0.4, 0.5) is 0 Å². The van der Waals surface area contributed by atoms with Crippen molar-refractivity contribution in [2.75, 3.05) is 0 Å². The number of rotatable bonds is 6. The maximum atomic E-state index is 13.4. The summed E-state index contributed by atoms with van der Waals surface area (Å²) < 4.78 is 0. The third-order valence-electron chi connectivity index (χ3n) is 5.13. The average molecular weight is 421 g/mol. The summed E-state index contributed by atoms with van der Waals surface area (Å²) in [6.07, 6.45) is 0. The van der Waals surface area contributed by atoms with Crippen LogP contribution in [0.1, 0.15) is 11.1 Å². The standard InChI is InChI=1S/C28H23O2P/c29-27(23-13-5-1-6-14-23)21-31(25-17-9-3-10-18-25,26-19-11-4-12-20-26)22-28(30)24-15-7-2-8-16-24/h1-22H,(H-,29,30)/p-1/b27-21-,28-22-. The van der Waals surface area contributed by atoms with Crippen LogP contribution in [0.5, 0.6) is 0 Å². The van der Waals surface area contributed by atoms with Gasteiger partial charge in [0.15, 0.2) is 0 Å². The summed E-state index contributed by atoms with van der Waals surface area (Å²) in [5.41, 5.74) is 1.22. The van der Waals surface area contributed by atoms with Crippen LogP contribution in [0, 0.1) is 0 Å². The molecule has 2 nitrogen and oxygen atoms in total. The third-order valence-corrected chi connectivity index (χ3v) is 8.71. The topological polar surface area (TPSA) is 46.1 Å². The SMILES string of the molecule is [O-]/C(=C\[P+](/C=C(\[O-])c1ccccc1)(c1ccccc1)c1ccccc1)c1ccccc1. The largest absolute Gasteiger partial charge is 0.870 e. The molecule has 4 aromatic rings. The molecular weight excluding hydrogens is 399 g/mol. The van der Waals surface area contributed by atoms with E-state index in [1.165, 1.54) is 0 Å². The summed E-state index contributed by atoms with van der Waals surface area (Å²) in [5, 5.41) is 28.7.